The average molecular weight is 292 g/mol. The third kappa shape index (κ3) is 2.87. The van der Waals surface area contributed by atoms with Crippen molar-refractivity contribution in [3.63, 3.8) is 0 Å². The number of hydrogen-bond acceptors (Lipinski definition) is 3. The highest BCUT2D eigenvalue weighted by atomic mass is 35.5. The van der Waals surface area contributed by atoms with Gasteiger partial charge in [-0.15, -0.1) is 0 Å². The summed E-state index contributed by atoms with van der Waals surface area (Å²) in [6.07, 6.45) is 6.18. The van der Waals surface area contributed by atoms with Gasteiger partial charge in [-0.2, -0.15) is 5.10 Å². The first-order valence-electron chi connectivity index (χ1n) is 6.90. The van der Waals surface area contributed by atoms with Crippen LogP contribution in [-0.2, 0) is 6.54 Å². The van der Waals surface area contributed by atoms with E-state index in [2.05, 4.69) is 10.00 Å². The van der Waals surface area contributed by atoms with Gasteiger partial charge in [0.2, 0.25) is 0 Å². The highest BCUT2D eigenvalue weighted by Crippen LogP contribution is 2.20. The van der Waals surface area contributed by atoms with Crippen molar-refractivity contribution in [1.82, 2.24) is 14.7 Å². The molecule has 1 aliphatic heterocycles. The van der Waals surface area contributed by atoms with E-state index in [-0.39, 0.29) is 6.61 Å². The van der Waals surface area contributed by atoms with Crippen LogP contribution in [0.2, 0.25) is 5.02 Å². The fourth-order valence-electron chi connectivity index (χ4n) is 2.72. The predicted molar refractivity (Wildman–Crippen MR) is 79.1 cm³/mol. The Morgan fingerprint density at radius 3 is 2.85 bits per heavy atom. The molecule has 0 radical (unpaired) electrons. The molecule has 4 nitrogen and oxygen atoms in total. The van der Waals surface area contributed by atoms with E-state index in [1.807, 2.05) is 41.3 Å². The maximum absolute atomic E-state index is 9.35. The normalized spacial score (nSPS) is 19.6. The minimum Gasteiger partial charge on any atom is -0.395 e. The Morgan fingerprint density at radius 1 is 1.30 bits per heavy atom. The fraction of sp³-hybridized carbons (Fsp3) is 0.400. The highest BCUT2D eigenvalue weighted by Gasteiger charge is 2.23. The van der Waals surface area contributed by atoms with Crippen molar-refractivity contribution < 1.29 is 5.11 Å². The van der Waals surface area contributed by atoms with E-state index < -0.39 is 0 Å². The fourth-order valence-corrected chi connectivity index (χ4v) is 2.85. The molecule has 5 heteroatoms. The summed E-state index contributed by atoms with van der Waals surface area (Å²) in [6, 6.07) is 7.92. The van der Waals surface area contributed by atoms with Gasteiger partial charge in [0.1, 0.15) is 0 Å². The summed E-state index contributed by atoms with van der Waals surface area (Å²) in [5.74, 6) is 0. The van der Waals surface area contributed by atoms with Crippen LogP contribution in [-0.4, -0.2) is 39.0 Å². The van der Waals surface area contributed by atoms with Gasteiger partial charge >= 0.3 is 0 Å². The van der Waals surface area contributed by atoms with Crippen molar-refractivity contribution in [3.8, 4) is 5.69 Å². The molecule has 3 rings (SSSR count). The molecule has 1 aromatic carbocycles. The number of halogens is 1. The largest absolute Gasteiger partial charge is 0.395 e. The van der Waals surface area contributed by atoms with Crippen molar-refractivity contribution >= 4 is 11.6 Å². The average Bonchev–Trinajstić information content (AvgIpc) is 3.09. The van der Waals surface area contributed by atoms with Crippen LogP contribution in [0.4, 0.5) is 0 Å². The number of rotatable bonds is 4. The van der Waals surface area contributed by atoms with Crippen LogP contribution >= 0.6 is 11.6 Å². The van der Waals surface area contributed by atoms with Crippen LogP contribution in [0.15, 0.2) is 36.7 Å². The van der Waals surface area contributed by atoms with E-state index in [4.69, 9.17) is 11.6 Å². The molecule has 0 spiro atoms. The van der Waals surface area contributed by atoms with E-state index in [1.165, 1.54) is 5.56 Å². The van der Waals surface area contributed by atoms with Crippen LogP contribution in [0.3, 0.4) is 0 Å². The Labute approximate surface area is 123 Å². The monoisotopic (exact) mass is 291 g/mol. The van der Waals surface area contributed by atoms with Crippen LogP contribution in [0.1, 0.15) is 18.4 Å². The van der Waals surface area contributed by atoms with Gasteiger partial charge in [-0.25, -0.2) is 4.68 Å². The lowest BCUT2D eigenvalue weighted by molar-refractivity contribution is 0.153. The molecule has 1 atom stereocenters. The molecule has 1 N–H and O–H groups in total. The van der Waals surface area contributed by atoms with Gasteiger partial charge in [-0.05, 0) is 43.7 Å². The summed E-state index contributed by atoms with van der Waals surface area (Å²) in [7, 11) is 0. The quantitative estimate of drug-likeness (QED) is 0.941. The molecule has 1 aliphatic rings. The molecule has 0 amide bonds. The lowest BCUT2D eigenvalue weighted by Crippen LogP contribution is -2.31. The minimum absolute atomic E-state index is 0.241. The molecule has 2 aromatic rings. The molecular formula is C15H18ClN3O. The van der Waals surface area contributed by atoms with Gasteiger partial charge in [-0.1, -0.05) is 11.6 Å². The Bertz CT molecular complexity index is 567. The molecule has 1 aromatic heterocycles. The lowest BCUT2D eigenvalue weighted by atomic mass is 10.2. The van der Waals surface area contributed by atoms with Crippen molar-refractivity contribution in [3.05, 3.63) is 47.2 Å². The smallest absolute Gasteiger partial charge is 0.0646 e. The number of aromatic nitrogens is 2. The summed E-state index contributed by atoms with van der Waals surface area (Å²) in [4.78, 5) is 2.32. The topological polar surface area (TPSA) is 41.3 Å². The molecular weight excluding hydrogens is 274 g/mol. The van der Waals surface area contributed by atoms with E-state index in [9.17, 15) is 5.11 Å². The van der Waals surface area contributed by atoms with Gasteiger partial charge in [0.25, 0.3) is 0 Å². The molecule has 0 bridgehead atoms. The van der Waals surface area contributed by atoms with E-state index in [1.54, 1.807) is 0 Å². The Hall–Kier alpha value is -1.36. The first kappa shape index (κ1) is 13.6. The molecule has 2 heterocycles. The summed E-state index contributed by atoms with van der Waals surface area (Å²) < 4.78 is 1.86. The van der Waals surface area contributed by atoms with Gasteiger partial charge in [0.05, 0.1) is 18.5 Å². The van der Waals surface area contributed by atoms with Gasteiger partial charge < -0.3 is 5.11 Å². The van der Waals surface area contributed by atoms with Crippen molar-refractivity contribution in [1.29, 1.82) is 0 Å². The van der Waals surface area contributed by atoms with Gasteiger partial charge in [-0.3, -0.25) is 4.90 Å². The third-order valence-corrected chi connectivity index (χ3v) is 4.07. The maximum atomic E-state index is 9.35. The number of aliphatic hydroxyl groups is 1. The minimum atomic E-state index is 0.241. The van der Waals surface area contributed by atoms with Crippen molar-refractivity contribution in [2.45, 2.75) is 25.4 Å². The molecule has 0 aliphatic carbocycles. The summed E-state index contributed by atoms with van der Waals surface area (Å²) >= 11 is 5.89. The molecule has 0 unspecified atom stereocenters. The second-order valence-corrected chi connectivity index (χ2v) is 5.66. The first-order valence-corrected chi connectivity index (χ1v) is 7.28. The third-order valence-electron chi connectivity index (χ3n) is 3.82. The number of aliphatic hydroxyl groups excluding tert-OH is 1. The Balaban J connectivity index is 1.72. The van der Waals surface area contributed by atoms with Crippen molar-refractivity contribution in [2.24, 2.45) is 0 Å². The summed E-state index contributed by atoms with van der Waals surface area (Å²) in [5, 5.41) is 14.5. The zero-order valence-electron chi connectivity index (χ0n) is 11.2. The first-order chi connectivity index (χ1) is 9.76. The van der Waals surface area contributed by atoms with E-state index >= 15 is 0 Å². The van der Waals surface area contributed by atoms with Crippen LogP contribution < -0.4 is 0 Å². The van der Waals surface area contributed by atoms with Gasteiger partial charge in [0.15, 0.2) is 0 Å². The zero-order valence-corrected chi connectivity index (χ0v) is 12.0. The molecule has 20 heavy (non-hydrogen) atoms. The second kappa shape index (κ2) is 5.95. The number of hydrogen-bond donors (Lipinski definition) is 1. The SMILES string of the molecule is OC[C@@H]1CCCN1Cc1cnn(-c2ccc(Cl)cc2)c1. The molecule has 1 saturated heterocycles. The molecule has 0 saturated carbocycles. The Kier molecular flexibility index (Phi) is 4.05. The zero-order chi connectivity index (χ0) is 13.9. The standard InChI is InChI=1S/C15H18ClN3O/c16-13-3-5-14(6-4-13)19-10-12(8-17-19)9-18-7-1-2-15(18)11-20/h3-6,8,10,15,20H,1-2,7,9,11H2/t15-/m0/s1. The van der Waals surface area contributed by atoms with Crippen molar-refractivity contribution in [2.75, 3.05) is 13.2 Å². The van der Waals surface area contributed by atoms with E-state index in [0.717, 1.165) is 36.6 Å². The summed E-state index contributed by atoms with van der Waals surface area (Å²) in [5.41, 5.74) is 2.17. The number of benzene rings is 1. The molecule has 106 valence electrons. The number of nitrogens with zero attached hydrogens (tertiary/aromatic N) is 3. The summed E-state index contributed by atoms with van der Waals surface area (Å²) in [6.45, 7) is 2.14. The second-order valence-electron chi connectivity index (χ2n) is 5.22. The van der Waals surface area contributed by atoms with Gasteiger partial charge in [0, 0.05) is 29.4 Å². The van der Waals surface area contributed by atoms with E-state index in [0.29, 0.717) is 6.04 Å². The highest BCUT2D eigenvalue weighted by molar-refractivity contribution is 6.30. The predicted octanol–water partition coefficient (Wildman–Crippen LogP) is 2.48. The van der Waals surface area contributed by atoms with Crippen LogP contribution in [0.25, 0.3) is 5.69 Å². The Morgan fingerprint density at radius 2 is 2.10 bits per heavy atom. The van der Waals surface area contributed by atoms with Crippen LogP contribution in [0.5, 0.6) is 0 Å². The molecule has 1 fully saturated rings. The number of likely N-dealkylation sites (tertiary alicyclic amines) is 1. The lowest BCUT2D eigenvalue weighted by Gasteiger charge is -2.21. The maximum Gasteiger partial charge on any atom is 0.0646 e. The van der Waals surface area contributed by atoms with Crippen LogP contribution in [0, 0.1) is 0 Å².